The molecule has 0 saturated carbocycles. The van der Waals surface area contributed by atoms with Gasteiger partial charge in [-0.05, 0) is 18.9 Å². The van der Waals surface area contributed by atoms with Gasteiger partial charge in [0.25, 0.3) is 0 Å². The molecule has 2 unspecified atom stereocenters. The summed E-state index contributed by atoms with van der Waals surface area (Å²) in [6.07, 6.45) is 2.84. The molecule has 0 aromatic heterocycles. The fraction of sp³-hybridized carbons (Fsp3) is 0.500. The number of rotatable bonds is 6. The fourth-order valence-electron chi connectivity index (χ4n) is 1.91. The third-order valence-corrected chi connectivity index (χ3v) is 2.70. The zero-order valence-corrected chi connectivity index (χ0v) is 10.1. The van der Waals surface area contributed by atoms with Crippen molar-refractivity contribution in [3.8, 4) is 6.07 Å². The predicted octanol–water partition coefficient (Wildman–Crippen LogP) is 3.42. The van der Waals surface area contributed by atoms with E-state index in [-0.39, 0.29) is 6.04 Å². The van der Waals surface area contributed by atoms with Gasteiger partial charge in [0.1, 0.15) is 0 Å². The molecule has 0 spiro atoms. The second-order valence-electron chi connectivity index (χ2n) is 4.18. The van der Waals surface area contributed by atoms with E-state index in [0.29, 0.717) is 12.5 Å². The lowest BCUT2D eigenvalue weighted by Crippen LogP contribution is -2.30. The van der Waals surface area contributed by atoms with Crippen LogP contribution in [0.3, 0.4) is 0 Å². The average Bonchev–Trinajstić information content (AvgIpc) is 2.30. The maximum absolute atomic E-state index is 8.85. The van der Waals surface area contributed by atoms with Gasteiger partial charge in [-0.25, -0.2) is 0 Å². The Morgan fingerprint density at radius 3 is 2.56 bits per heavy atom. The first-order valence-electron chi connectivity index (χ1n) is 5.95. The molecular weight excluding hydrogens is 196 g/mol. The van der Waals surface area contributed by atoms with Gasteiger partial charge in [-0.3, -0.25) is 0 Å². The monoisotopic (exact) mass is 216 g/mol. The van der Waals surface area contributed by atoms with Crippen molar-refractivity contribution in [2.75, 3.05) is 0 Å². The van der Waals surface area contributed by atoms with Crippen molar-refractivity contribution in [1.82, 2.24) is 5.32 Å². The van der Waals surface area contributed by atoms with Crippen molar-refractivity contribution in [2.45, 2.75) is 45.2 Å². The Bertz CT molecular complexity index is 326. The molecule has 2 heteroatoms. The van der Waals surface area contributed by atoms with Crippen LogP contribution in [0.15, 0.2) is 30.3 Å². The highest BCUT2D eigenvalue weighted by Crippen LogP contribution is 2.17. The van der Waals surface area contributed by atoms with Crippen molar-refractivity contribution in [2.24, 2.45) is 0 Å². The summed E-state index contributed by atoms with van der Waals surface area (Å²) < 4.78 is 0. The normalized spacial score (nSPS) is 14.1. The summed E-state index contributed by atoms with van der Waals surface area (Å²) in [5.74, 6) is 0. The first-order chi connectivity index (χ1) is 7.77. The zero-order chi connectivity index (χ0) is 11.8. The van der Waals surface area contributed by atoms with Gasteiger partial charge in [0, 0.05) is 12.1 Å². The van der Waals surface area contributed by atoms with Crippen molar-refractivity contribution in [3.63, 3.8) is 0 Å². The third-order valence-electron chi connectivity index (χ3n) is 2.70. The van der Waals surface area contributed by atoms with Crippen LogP contribution in [0, 0.1) is 11.3 Å². The maximum Gasteiger partial charge on any atom is 0.0641 e. The quantitative estimate of drug-likeness (QED) is 0.791. The van der Waals surface area contributed by atoms with Gasteiger partial charge in [-0.1, -0.05) is 43.7 Å². The third kappa shape index (κ3) is 4.04. The van der Waals surface area contributed by atoms with Crippen LogP contribution < -0.4 is 5.32 Å². The molecule has 0 radical (unpaired) electrons. The van der Waals surface area contributed by atoms with Crippen LogP contribution in [0.25, 0.3) is 0 Å². The summed E-state index contributed by atoms with van der Waals surface area (Å²) in [5.41, 5.74) is 1.20. The molecule has 0 aliphatic rings. The summed E-state index contributed by atoms with van der Waals surface area (Å²) >= 11 is 0. The van der Waals surface area contributed by atoms with E-state index in [9.17, 15) is 0 Å². The highest BCUT2D eigenvalue weighted by molar-refractivity contribution is 5.20. The maximum atomic E-state index is 8.85. The molecule has 16 heavy (non-hydrogen) atoms. The highest BCUT2D eigenvalue weighted by atomic mass is 14.9. The van der Waals surface area contributed by atoms with Crippen LogP contribution in [0.5, 0.6) is 0 Å². The molecule has 0 aliphatic heterocycles. The SMILES string of the molecule is CCCC(C)NC(CC#N)c1ccccc1. The molecule has 1 aromatic rings. The molecule has 0 aliphatic carbocycles. The molecular formula is C14H20N2. The van der Waals surface area contributed by atoms with Crippen LogP contribution >= 0.6 is 0 Å². The Balaban J connectivity index is 2.65. The molecule has 86 valence electrons. The topological polar surface area (TPSA) is 35.8 Å². The molecule has 0 heterocycles. The molecule has 1 aromatic carbocycles. The summed E-state index contributed by atoms with van der Waals surface area (Å²) in [7, 11) is 0. The van der Waals surface area contributed by atoms with Gasteiger partial charge >= 0.3 is 0 Å². The second kappa shape index (κ2) is 7.03. The largest absolute Gasteiger partial charge is 0.307 e. The standard InChI is InChI=1S/C14H20N2/c1-3-7-12(2)16-14(10-11-15)13-8-5-4-6-9-13/h4-6,8-9,12,14,16H,3,7,10H2,1-2H3. The van der Waals surface area contributed by atoms with E-state index in [2.05, 4.69) is 37.4 Å². The number of nitrogens with one attached hydrogen (secondary N) is 1. The zero-order valence-electron chi connectivity index (χ0n) is 10.1. The van der Waals surface area contributed by atoms with E-state index >= 15 is 0 Å². The van der Waals surface area contributed by atoms with Gasteiger partial charge in [-0.15, -0.1) is 0 Å². The lowest BCUT2D eigenvalue weighted by molar-refractivity contribution is 0.436. The van der Waals surface area contributed by atoms with Gasteiger partial charge in [0.15, 0.2) is 0 Å². The van der Waals surface area contributed by atoms with Crippen molar-refractivity contribution < 1.29 is 0 Å². The van der Waals surface area contributed by atoms with Gasteiger partial charge in [0.2, 0.25) is 0 Å². The minimum Gasteiger partial charge on any atom is -0.307 e. The summed E-state index contributed by atoms with van der Waals surface area (Å²) in [6.45, 7) is 4.36. The highest BCUT2D eigenvalue weighted by Gasteiger charge is 2.12. The van der Waals surface area contributed by atoms with E-state index in [0.717, 1.165) is 6.42 Å². The van der Waals surface area contributed by atoms with E-state index in [1.807, 2.05) is 18.2 Å². The number of hydrogen-bond acceptors (Lipinski definition) is 2. The molecule has 0 fully saturated rings. The minimum atomic E-state index is 0.160. The van der Waals surface area contributed by atoms with Gasteiger partial charge in [0.05, 0.1) is 12.5 Å². The number of hydrogen-bond donors (Lipinski definition) is 1. The van der Waals surface area contributed by atoms with Crippen molar-refractivity contribution in [3.05, 3.63) is 35.9 Å². The molecule has 0 saturated heterocycles. The van der Waals surface area contributed by atoms with E-state index in [1.165, 1.54) is 12.0 Å². The van der Waals surface area contributed by atoms with E-state index in [1.54, 1.807) is 0 Å². The van der Waals surface area contributed by atoms with Crippen LogP contribution in [-0.2, 0) is 0 Å². The Morgan fingerprint density at radius 2 is 2.00 bits per heavy atom. The second-order valence-corrected chi connectivity index (χ2v) is 4.18. The predicted molar refractivity (Wildman–Crippen MR) is 66.9 cm³/mol. The lowest BCUT2D eigenvalue weighted by Gasteiger charge is -2.21. The first kappa shape index (κ1) is 12.7. The Hall–Kier alpha value is -1.33. The van der Waals surface area contributed by atoms with E-state index in [4.69, 9.17) is 5.26 Å². The van der Waals surface area contributed by atoms with Crippen molar-refractivity contribution >= 4 is 0 Å². The fourth-order valence-corrected chi connectivity index (χ4v) is 1.91. The minimum absolute atomic E-state index is 0.160. The first-order valence-corrected chi connectivity index (χ1v) is 5.95. The number of benzene rings is 1. The van der Waals surface area contributed by atoms with Crippen LogP contribution in [0.4, 0.5) is 0 Å². The molecule has 0 amide bonds. The van der Waals surface area contributed by atoms with Crippen molar-refractivity contribution in [1.29, 1.82) is 5.26 Å². The van der Waals surface area contributed by atoms with Gasteiger partial charge < -0.3 is 5.32 Å². The van der Waals surface area contributed by atoms with Crippen LogP contribution in [0.1, 0.15) is 44.7 Å². The lowest BCUT2D eigenvalue weighted by atomic mass is 10.0. The average molecular weight is 216 g/mol. The van der Waals surface area contributed by atoms with E-state index < -0.39 is 0 Å². The molecule has 2 nitrogen and oxygen atoms in total. The summed E-state index contributed by atoms with van der Waals surface area (Å²) in [5, 5.41) is 12.4. The van der Waals surface area contributed by atoms with Crippen LogP contribution in [0.2, 0.25) is 0 Å². The Morgan fingerprint density at radius 1 is 1.31 bits per heavy atom. The molecule has 2 atom stereocenters. The summed E-state index contributed by atoms with van der Waals surface area (Å²) in [4.78, 5) is 0. The molecule has 0 bridgehead atoms. The Kier molecular flexibility index (Phi) is 5.60. The Labute approximate surface area is 98.3 Å². The molecule has 1 N–H and O–H groups in total. The summed E-state index contributed by atoms with van der Waals surface area (Å²) in [6, 6.07) is 13.1. The smallest absolute Gasteiger partial charge is 0.0641 e. The van der Waals surface area contributed by atoms with Gasteiger partial charge in [-0.2, -0.15) is 5.26 Å². The number of nitriles is 1. The number of nitrogens with zero attached hydrogens (tertiary/aromatic N) is 1. The van der Waals surface area contributed by atoms with Crippen LogP contribution in [-0.4, -0.2) is 6.04 Å². The molecule has 1 rings (SSSR count).